The van der Waals surface area contributed by atoms with Gasteiger partial charge in [0.15, 0.2) is 0 Å². The number of aliphatic carboxylic acids is 1. The molecule has 0 amide bonds. The molecule has 0 saturated heterocycles. The predicted octanol–water partition coefficient (Wildman–Crippen LogP) is 4.80. The fourth-order valence-corrected chi connectivity index (χ4v) is 2.98. The van der Waals surface area contributed by atoms with E-state index in [1.54, 1.807) is 14.2 Å². The van der Waals surface area contributed by atoms with Gasteiger partial charge in [-0.15, -0.1) is 0 Å². The number of rotatable bonds is 13. The van der Waals surface area contributed by atoms with Gasteiger partial charge < -0.3 is 14.6 Å². The lowest BCUT2D eigenvalue weighted by Crippen LogP contribution is -2.12. The van der Waals surface area contributed by atoms with E-state index in [2.05, 4.69) is 6.92 Å². The van der Waals surface area contributed by atoms with E-state index in [4.69, 9.17) is 9.47 Å². The highest BCUT2D eigenvalue weighted by Gasteiger charge is 2.20. The molecule has 1 aromatic rings. The molecule has 1 rings (SSSR count). The number of ether oxygens (including phenoxy) is 2. The minimum absolute atomic E-state index is 0.425. The standard InChI is InChI=1S/C20H32O4/c1-4-5-6-7-11-18(20(21)22)16-12-13-19(24-3)17(15-16)10-8-9-14-23-2/h12-13,15,18H,4-11,14H2,1-3H3,(H,21,22). The maximum atomic E-state index is 11.7. The monoisotopic (exact) mass is 336 g/mol. The zero-order valence-corrected chi connectivity index (χ0v) is 15.3. The van der Waals surface area contributed by atoms with Gasteiger partial charge in [0.2, 0.25) is 0 Å². The number of unbranched alkanes of at least 4 members (excludes halogenated alkanes) is 4. The van der Waals surface area contributed by atoms with Gasteiger partial charge in [0.05, 0.1) is 13.0 Å². The topological polar surface area (TPSA) is 55.8 Å². The van der Waals surface area contributed by atoms with E-state index >= 15 is 0 Å². The second kappa shape index (κ2) is 11.9. The van der Waals surface area contributed by atoms with Crippen molar-refractivity contribution in [1.82, 2.24) is 0 Å². The summed E-state index contributed by atoms with van der Waals surface area (Å²) in [6, 6.07) is 5.82. The van der Waals surface area contributed by atoms with Crippen LogP contribution in [0.1, 0.15) is 68.9 Å². The molecule has 4 nitrogen and oxygen atoms in total. The molecule has 0 saturated carbocycles. The Morgan fingerprint density at radius 3 is 2.54 bits per heavy atom. The summed E-state index contributed by atoms with van der Waals surface area (Å²) in [5, 5.41) is 9.60. The molecule has 0 aromatic heterocycles. The van der Waals surface area contributed by atoms with Gasteiger partial charge in [-0.2, -0.15) is 0 Å². The van der Waals surface area contributed by atoms with Crippen molar-refractivity contribution in [3.05, 3.63) is 29.3 Å². The highest BCUT2D eigenvalue weighted by Crippen LogP contribution is 2.29. The first-order valence-electron chi connectivity index (χ1n) is 9.02. The lowest BCUT2D eigenvalue weighted by Gasteiger charge is -2.16. The number of benzene rings is 1. The summed E-state index contributed by atoms with van der Waals surface area (Å²) >= 11 is 0. The molecule has 1 atom stereocenters. The number of carbonyl (C=O) groups is 1. The van der Waals surface area contributed by atoms with Gasteiger partial charge in [0.1, 0.15) is 5.75 Å². The van der Waals surface area contributed by atoms with Crippen LogP contribution in [0.4, 0.5) is 0 Å². The van der Waals surface area contributed by atoms with Crippen LogP contribution in [0.5, 0.6) is 5.75 Å². The van der Waals surface area contributed by atoms with Crippen LogP contribution in [0.15, 0.2) is 18.2 Å². The molecule has 0 aliphatic rings. The van der Waals surface area contributed by atoms with Crippen molar-refractivity contribution in [3.8, 4) is 5.75 Å². The van der Waals surface area contributed by atoms with Gasteiger partial charge in [-0.25, -0.2) is 0 Å². The minimum atomic E-state index is -0.734. The van der Waals surface area contributed by atoms with Crippen LogP contribution in [-0.2, 0) is 16.0 Å². The fraction of sp³-hybridized carbons (Fsp3) is 0.650. The van der Waals surface area contributed by atoms with Crippen LogP contribution in [0.3, 0.4) is 0 Å². The third-order valence-corrected chi connectivity index (χ3v) is 4.40. The largest absolute Gasteiger partial charge is 0.496 e. The Morgan fingerprint density at radius 2 is 1.92 bits per heavy atom. The molecular formula is C20H32O4. The second-order valence-electron chi connectivity index (χ2n) is 6.26. The first-order chi connectivity index (χ1) is 11.6. The first-order valence-corrected chi connectivity index (χ1v) is 9.02. The Kier molecular flexibility index (Phi) is 10.2. The Bertz CT molecular complexity index is 485. The van der Waals surface area contributed by atoms with E-state index in [0.717, 1.165) is 62.0 Å². The molecule has 1 unspecified atom stereocenters. The van der Waals surface area contributed by atoms with E-state index in [9.17, 15) is 9.90 Å². The van der Waals surface area contributed by atoms with Crippen molar-refractivity contribution in [2.75, 3.05) is 20.8 Å². The summed E-state index contributed by atoms with van der Waals surface area (Å²) in [7, 11) is 3.37. The number of hydrogen-bond donors (Lipinski definition) is 1. The zero-order valence-electron chi connectivity index (χ0n) is 15.3. The van der Waals surface area contributed by atoms with Crippen molar-refractivity contribution in [2.24, 2.45) is 0 Å². The molecule has 0 bridgehead atoms. The maximum Gasteiger partial charge on any atom is 0.310 e. The van der Waals surface area contributed by atoms with E-state index < -0.39 is 11.9 Å². The van der Waals surface area contributed by atoms with Crippen LogP contribution >= 0.6 is 0 Å². The molecule has 1 aromatic carbocycles. The van der Waals surface area contributed by atoms with Gasteiger partial charge in [0.25, 0.3) is 0 Å². The third kappa shape index (κ3) is 6.91. The van der Waals surface area contributed by atoms with E-state index in [1.807, 2.05) is 18.2 Å². The van der Waals surface area contributed by atoms with E-state index in [1.165, 1.54) is 6.42 Å². The molecule has 136 valence electrons. The average molecular weight is 336 g/mol. The van der Waals surface area contributed by atoms with Crippen LogP contribution in [0.25, 0.3) is 0 Å². The molecule has 4 heteroatoms. The molecule has 24 heavy (non-hydrogen) atoms. The Morgan fingerprint density at radius 1 is 1.12 bits per heavy atom. The van der Waals surface area contributed by atoms with Crippen LogP contribution in [0.2, 0.25) is 0 Å². The van der Waals surface area contributed by atoms with Crippen LogP contribution in [0, 0.1) is 0 Å². The van der Waals surface area contributed by atoms with Gasteiger partial charge in [-0.05, 0) is 42.9 Å². The summed E-state index contributed by atoms with van der Waals surface area (Å²) < 4.78 is 10.5. The quantitative estimate of drug-likeness (QED) is 0.526. The summed E-state index contributed by atoms with van der Waals surface area (Å²) in [5.74, 6) is -0.321. The number of aryl methyl sites for hydroxylation is 1. The number of carboxylic acids is 1. The summed E-state index contributed by atoms with van der Waals surface area (Å²) in [5.41, 5.74) is 1.98. The van der Waals surface area contributed by atoms with Crippen molar-refractivity contribution in [2.45, 2.75) is 64.2 Å². The van der Waals surface area contributed by atoms with Crippen molar-refractivity contribution in [1.29, 1.82) is 0 Å². The molecule has 0 heterocycles. The SMILES string of the molecule is CCCCCCC(C(=O)O)c1ccc(OC)c(CCCCOC)c1. The lowest BCUT2D eigenvalue weighted by atomic mass is 9.91. The molecule has 0 aliphatic heterocycles. The molecule has 1 N–H and O–H groups in total. The summed E-state index contributed by atoms with van der Waals surface area (Å²) in [4.78, 5) is 11.7. The van der Waals surface area contributed by atoms with E-state index in [0.29, 0.717) is 6.42 Å². The molecule has 0 radical (unpaired) electrons. The highest BCUT2D eigenvalue weighted by atomic mass is 16.5. The second-order valence-corrected chi connectivity index (χ2v) is 6.26. The minimum Gasteiger partial charge on any atom is -0.496 e. The van der Waals surface area contributed by atoms with Gasteiger partial charge in [-0.3, -0.25) is 4.79 Å². The lowest BCUT2D eigenvalue weighted by molar-refractivity contribution is -0.139. The number of methoxy groups -OCH3 is 2. The Hall–Kier alpha value is -1.55. The third-order valence-electron chi connectivity index (χ3n) is 4.40. The first kappa shape index (κ1) is 20.5. The number of carboxylic acid groups (broad SMARTS) is 1. The Balaban J connectivity index is 2.80. The Labute approximate surface area is 146 Å². The smallest absolute Gasteiger partial charge is 0.310 e. The average Bonchev–Trinajstić information content (AvgIpc) is 2.58. The van der Waals surface area contributed by atoms with Crippen LogP contribution < -0.4 is 4.74 Å². The molecular weight excluding hydrogens is 304 g/mol. The van der Waals surface area contributed by atoms with Crippen LogP contribution in [-0.4, -0.2) is 31.9 Å². The number of hydrogen-bond acceptors (Lipinski definition) is 3. The molecule has 0 spiro atoms. The summed E-state index contributed by atoms with van der Waals surface area (Å²) in [6.07, 6.45) is 7.95. The van der Waals surface area contributed by atoms with Gasteiger partial charge in [-0.1, -0.05) is 44.7 Å². The van der Waals surface area contributed by atoms with Gasteiger partial charge in [0, 0.05) is 13.7 Å². The van der Waals surface area contributed by atoms with E-state index in [-0.39, 0.29) is 0 Å². The normalized spacial score (nSPS) is 12.1. The molecule has 0 aliphatic carbocycles. The van der Waals surface area contributed by atoms with Crippen molar-refractivity contribution < 1.29 is 19.4 Å². The fourth-order valence-electron chi connectivity index (χ4n) is 2.98. The predicted molar refractivity (Wildman–Crippen MR) is 96.9 cm³/mol. The highest BCUT2D eigenvalue weighted by molar-refractivity contribution is 5.76. The van der Waals surface area contributed by atoms with Crippen molar-refractivity contribution in [3.63, 3.8) is 0 Å². The zero-order chi connectivity index (χ0) is 17.8. The molecule has 0 fully saturated rings. The van der Waals surface area contributed by atoms with Crippen molar-refractivity contribution >= 4 is 5.97 Å². The summed E-state index contributed by atoms with van der Waals surface area (Å²) in [6.45, 7) is 2.91. The van der Waals surface area contributed by atoms with Gasteiger partial charge >= 0.3 is 5.97 Å². The maximum absolute atomic E-state index is 11.7.